The number of benzene rings is 1. The number of methoxy groups -OCH3 is 1. The van der Waals surface area contributed by atoms with Crippen molar-refractivity contribution in [2.24, 2.45) is 7.05 Å². The fraction of sp³-hybridized carbons (Fsp3) is 0.333. The molecule has 1 aromatic carbocycles. The minimum atomic E-state index is -0.693. The summed E-state index contributed by atoms with van der Waals surface area (Å²) in [4.78, 5) is 27.9. The van der Waals surface area contributed by atoms with Crippen LogP contribution in [0.1, 0.15) is 16.1 Å². The molecule has 2 aromatic heterocycles. The number of rotatable bonds is 5. The van der Waals surface area contributed by atoms with Crippen LogP contribution in [-0.2, 0) is 23.1 Å². The smallest absolute Gasteiger partial charge is 0.345 e. The Morgan fingerprint density at radius 3 is 2.71 bits per heavy atom. The van der Waals surface area contributed by atoms with Crippen molar-refractivity contribution in [3.05, 3.63) is 55.3 Å². The van der Waals surface area contributed by atoms with Crippen LogP contribution in [0.15, 0.2) is 33.5 Å². The summed E-state index contributed by atoms with van der Waals surface area (Å²) in [5, 5.41) is 3.14. The normalized spacial score (nSPS) is 14.7. The number of aromatic nitrogens is 1. The van der Waals surface area contributed by atoms with Crippen molar-refractivity contribution in [2.45, 2.75) is 6.54 Å². The number of esters is 1. The highest BCUT2D eigenvalue weighted by Gasteiger charge is 2.26. The standard InChI is InChI=1S/C21H21FIN3O5/c1-25-19(24-16-4-3-12(23)9-15(16)22)17(21(28)29-2)18-14(20(25)27)10-13(31-18)11-26-5-7-30-8-6-26/h3-4,9-10,24H,5-8,11H2,1-2H3. The molecule has 31 heavy (non-hydrogen) atoms. The van der Waals surface area contributed by atoms with Crippen LogP contribution in [0.25, 0.3) is 11.0 Å². The van der Waals surface area contributed by atoms with Gasteiger partial charge in [-0.1, -0.05) is 0 Å². The molecule has 1 fully saturated rings. The van der Waals surface area contributed by atoms with Crippen LogP contribution in [-0.4, -0.2) is 48.8 Å². The number of hydrogen-bond acceptors (Lipinski definition) is 7. The molecule has 0 spiro atoms. The number of nitrogens with one attached hydrogen (secondary N) is 1. The highest BCUT2D eigenvalue weighted by atomic mass is 127. The van der Waals surface area contributed by atoms with E-state index >= 15 is 0 Å². The first-order valence-corrected chi connectivity index (χ1v) is 10.7. The molecule has 0 bridgehead atoms. The maximum Gasteiger partial charge on any atom is 0.345 e. The molecule has 3 aromatic rings. The highest BCUT2D eigenvalue weighted by Crippen LogP contribution is 2.30. The molecule has 3 heterocycles. The molecule has 0 aliphatic carbocycles. The fourth-order valence-corrected chi connectivity index (χ4v) is 4.01. The van der Waals surface area contributed by atoms with Crippen LogP contribution in [0.3, 0.4) is 0 Å². The molecular formula is C21H21FIN3O5. The maximum absolute atomic E-state index is 14.5. The summed E-state index contributed by atoms with van der Waals surface area (Å²) in [6.45, 7) is 3.24. The Labute approximate surface area is 191 Å². The SMILES string of the molecule is COC(=O)c1c(Nc2ccc(I)cc2F)n(C)c(=O)c2cc(CN3CCOCC3)oc12. The average Bonchev–Trinajstić information content (AvgIpc) is 3.17. The zero-order valence-corrected chi connectivity index (χ0v) is 19.2. The van der Waals surface area contributed by atoms with E-state index in [-0.39, 0.29) is 33.6 Å². The van der Waals surface area contributed by atoms with Crippen LogP contribution >= 0.6 is 22.6 Å². The average molecular weight is 541 g/mol. The summed E-state index contributed by atoms with van der Waals surface area (Å²) < 4.78 is 32.7. The molecule has 0 saturated carbocycles. The van der Waals surface area contributed by atoms with Gasteiger partial charge in [-0.15, -0.1) is 0 Å². The van der Waals surface area contributed by atoms with Gasteiger partial charge in [-0.3, -0.25) is 14.3 Å². The third-order valence-corrected chi connectivity index (χ3v) is 5.85. The number of anilines is 2. The Morgan fingerprint density at radius 1 is 1.29 bits per heavy atom. The van der Waals surface area contributed by atoms with Crippen molar-refractivity contribution in [3.8, 4) is 0 Å². The number of fused-ring (bicyclic) bond motifs is 1. The topological polar surface area (TPSA) is 85.9 Å². The van der Waals surface area contributed by atoms with Gasteiger partial charge in [-0.25, -0.2) is 9.18 Å². The van der Waals surface area contributed by atoms with Gasteiger partial charge in [0.15, 0.2) is 5.58 Å². The minimum absolute atomic E-state index is 0.0331. The first kappa shape index (κ1) is 21.8. The molecular weight excluding hydrogens is 520 g/mol. The van der Waals surface area contributed by atoms with Crippen LogP contribution in [0.5, 0.6) is 0 Å². The van der Waals surface area contributed by atoms with Crippen LogP contribution in [0, 0.1) is 9.39 Å². The van der Waals surface area contributed by atoms with Crippen molar-refractivity contribution in [1.82, 2.24) is 9.47 Å². The van der Waals surface area contributed by atoms with Gasteiger partial charge in [-0.05, 0) is 46.9 Å². The van der Waals surface area contributed by atoms with Gasteiger partial charge in [0, 0.05) is 23.7 Å². The number of halogens is 2. The van der Waals surface area contributed by atoms with Crippen LogP contribution in [0.4, 0.5) is 15.9 Å². The van der Waals surface area contributed by atoms with Crippen molar-refractivity contribution in [1.29, 1.82) is 0 Å². The van der Waals surface area contributed by atoms with E-state index in [2.05, 4.69) is 10.2 Å². The second-order valence-corrected chi connectivity index (χ2v) is 8.42. The molecule has 0 atom stereocenters. The third kappa shape index (κ3) is 4.32. The van der Waals surface area contributed by atoms with E-state index in [0.717, 1.165) is 16.7 Å². The molecule has 8 nitrogen and oxygen atoms in total. The molecule has 1 aliphatic heterocycles. The lowest BCUT2D eigenvalue weighted by Gasteiger charge is -2.25. The lowest BCUT2D eigenvalue weighted by molar-refractivity contribution is 0.0315. The Morgan fingerprint density at radius 2 is 2.03 bits per heavy atom. The molecule has 4 rings (SSSR count). The second kappa shape index (κ2) is 8.97. The lowest BCUT2D eigenvalue weighted by atomic mass is 10.1. The zero-order valence-electron chi connectivity index (χ0n) is 17.0. The Bertz CT molecular complexity index is 1200. The van der Waals surface area contributed by atoms with Gasteiger partial charge in [0.25, 0.3) is 5.56 Å². The first-order valence-electron chi connectivity index (χ1n) is 9.65. The predicted molar refractivity (Wildman–Crippen MR) is 121 cm³/mol. The molecule has 0 radical (unpaired) electrons. The van der Waals surface area contributed by atoms with E-state index in [0.29, 0.717) is 25.5 Å². The number of ether oxygens (including phenoxy) is 2. The number of carbonyl (C=O) groups excluding carboxylic acids is 1. The van der Waals surface area contributed by atoms with E-state index in [1.807, 2.05) is 22.6 Å². The molecule has 0 unspecified atom stereocenters. The summed E-state index contributed by atoms with van der Waals surface area (Å²) in [5.41, 5.74) is -0.0922. The molecule has 1 saturated heterocycles. The number of hydrogen-bond donors (Lipinski definition) is 1. The minimum Gasteiger partial charge on any atom is -0.465 e. The number of carbonyl (C=O) groups is 1. The summed E-state index contributed by atoms with van der Waals surface area (Å²) in [6.07, 6.45) is 0. The van der Waals surface area contributed by atoms with Crippen molar-refractivity contribution >= 4 is 51.0 Å². The summed E-state index contributed by atoms with van der Waals surface area (Å²) in [5.74, 6) is -0.558. The number of furan rings is 1. The van der Waals surface area contributed by atoms with Gasteiger partial charge >= 0.3 is 5.97 Å². The fourth-order valence-electron chi connectivity index (χ4n) is 3.56. The van der Waals surface area contributed by atoms with E-state index in [1.165, 1.54) is 24.8 Å². The lowest BCUT2D eigenvalue weighted by Crippen LogP contribution is -2.35. The third-order valence-electron chi connectivity index (χ3n) is 5.17. The van der Waals surface area contributed by atoms with E-state index in [9.17, 15) is 14.0 Å². The molecule has 0 amide bonds. The van der Waals surface area contributed by atoms with Gasteiger partial charge in [0.2, 0.25) is 0 Å². The summed E-state index contributed by atoms with van der Waals surface area (Å²) in [6, 6.07) is 6.26. The van der Waals surface area contributed by atoms with Crippen LogP contribution < -0.4 is 10.9 Å². The van der Waals surface area contributed by atoms with Crippen molar-refractivity contribution in [3.63, 3.8) is 0 Å². The monoisotopic (exact) mass is 541 g/mol. The van der Waals surface area contributed by atoms with Crippen molar-refractivity contribution < 1.29 is 23.1 Å². The predicted octanol–water partition coefficient (Wildman–Crippen LogP) is 3.24. The maximum atomic E-state index is 14.5. The summed E-state index contributed by atoms with van der Waals surface area (Å²) in [7, 11) is 2.75. The van der Waals surface area contributed by atoms with Crippen LogP contribution in [0.2, 0.25) is 0 Å². The molecule has 164 valence electrons. The van der Waals surface area contributed by atoms with Gasteiger partial charge in [0.1, 0.15) is 23.0 Å². The number of pyridine rings is 1. The zero-order chi connectivity index (χ0) is 22.1. The molecule has 10 heteroatoms. The van der Waals surface area contributed by atoms with Gasteiger partial charge < -0.3 is 19.2 Å². The Kier molecular flexibility index (Phi) is 6.30. The van der Waals surface area contributed by atoms with Gasteiger partial charge in [0.05, 0.1) is 37.9 Å². The quantitative estimate of drug-likeness (QED) is 0.392. The molecule has 1 aliphatic rings. The Balaban J connectivity index is 1.83. The second-order valence-electron chi connectivity index (χ2n) is 7.17. The van der Waals surface area contributed by atoms with Gasteiger partial charge in [-0.2, -0.15) is 0 Å². The Hall–Kier alpha value is -2.44. The summed E-state index contributed by atoms with van der Waals surface area (Å²) >= 11 is 2.00. The number of nitrogens with zero attached hydrogens (tertiary/aromatic N) is 2. The van der Waals surface area contributed by atoms with Crippen molar-refractivity contribution in [2.75, 3.05) is 38.7 Å². The molecule has 1 N–H and O–H groups in total. The van der Waals surface area contributed by atoms with E-state index in [1.54, 1.807) is 18.2 Å². The highest BCUT2D eigenvalue weighted by molar-refractivity contribution is 14.1. The largest absolute Gasteiger partial charge is 0.465 e. The van der Waals surface area contributed by atoms with E-state index < -0.39 is 11.8 Å². The van der Waals surface area contributed by atoms with E-state index in [4.69, 9.17) is 13.9 Å². The number of morpholine rings is 1. The first-order chi connectivity index (χ1) is 14.9.